The Morgan fingerprint density at radius 3 is 2.70 bits per heavy atom. The Morgan fingerprint density at radius 1 is 1.40 bits per heavy atom. The molecule has 2 heteroatoms. The van der Waals surface area contributed by atoms with Crippen LogP contribution in [0.5, 0.6) is 0 Å². The smallest absolute Gasteiger partial charge is 0.134 e. The lowest BCUT2D eigenvalue weighted by Crippen LogP contribution is -2.43. The maximum absolute atomic E-state index is 10.7. The van der Waals surface area contributed by atoms with Crippen molar-refractivity contribution in [3.8, 4) is 0 Å². The molecular formula is C8H12O2. The van der Waals surface area contributed by atoms with Gasteiger partial charge in [0.15, 0.2) is 0 Å². The van der Waals surface area contributed by atoms with Crippen LogP contribution in [0, 0.1) is 5.41 Å². The van der Waals surface area contributed by atoms with E-state index in [9.17, 15) is 4.79 Å². The van der Waals surface area contributed by atoms with Gasteiger partial charge >= 0.3 is 0 Å². The predicted molar refractivity (Wildman–Crippen MR) is 36.7 cm³/mol. The van der Waals surface area contributed by atoms with E-state index in [2.05, 4.69) is 0 Å². The zero-order valence-electron chi connectivity index (χ0n) is 6.06. The molecule has 1 heterocycles. The fourth-order valence-corrected chi connectivity index (χ4v) is 1.97. The highest BCUT2D eigenvalue weighted by Crippen LogP contribution is 2.44. The lowest BCUT2D eigenvalue weighted by Gasteiger charge is -2.42. The highest BCUT2D eigenvalue weighted by Gasteiger charge is 2.44. The van der Waals surface area contributed by atoms with Gasteiger partial charge in [-0.05, 0) is 12.8 Å². The van der Waals surface area contributed by atoms with Crippen LogP contribution in [-0.2, 0) is 9.53 Å². The molecular weight excluding hydrogens is 128 g/mol. The summed E-state index contributed by atoms with van der Waals surface area (Å²) in [5.74, 6) is 0.422. The summed E-state index contributed by atoms with van der Waals surface area (Å²) in [6.45, 7) is 1.73. The van der Waals surface area contributed by atoms with Crippen molar-refractivity contribution >= 4 is 5.78 Å². The monoisotopic (exact) mass is 140 g/mol. The van der Waals surface area contributed by atoms with Crippen LogP contribution in [0.2, 0.25) is 0 Å². The summed E-state index contributed by atoms with van der Waals surface area (Å²) in [7, 11) is 0. The molecule has 10 heavy (non-hydrogen) atoms. The van der Waals surface area contributed by atoms with Crippen LogP contribution in [0.3, 0.4) is 0 Å². The van der Waals surface area contributed by atoms with Gasteiger partial charge in [-0.1, -0.05) is 0 Å². The molecule has 2 fully saturated rings. The Labute approximate surface area is 60.6 Å². The molecule has 0 amide bonds. The molecule has 2 nitrogen and oxygen atoms in total. The van der Waals surface area contributed by atoms with Gasteiger partial charge in [0.1, 0.15) is 5.78 Å². The van der Waals surface area contributed by atoms with Crippen LogP contribution >= 0.6 is 0 Å². The average molecular weight is 140 g/mol. The van der Waals surface area contributed by atoms with Crippen molar-refractivity contribution in [3.63, 3.8) is 0 Å². The first kappa shape index (κ1) is 6.35. The molecule has 1 aliphatic heterocycles. The third-order valence-electron chi connectivity index (χ3n) is 2.55. The fraction of sp³-hybridized carbons (Fsp3) is 0.875. The van der Waals surface area contributed by atoms with Crippen molar-refractivity contribution in [2.75, 3.05) is 13.2 Å². The summed E-state index contributed by atoms with van der Waals surface area (Å²) in [5.41, 5.74) is 0.301. The van der Waals surface area contributed by atoms with Crippen molar-refractivity contribution < 1.29 is 9.53 Å². The van der Waals surface area contributed by atoms with Crippen molar-refractivity contribution in [2.24, 2.45) is 5.41 Å². The lowest BCUT2D eigenvalue weighted by molar-refractivity contribution is -0.141. The van der Waals surface area contributed by atoms with E-state index in [1.807, 2.05) is 0 Å². The van der Waals surface area contributed by atoms with Crippen LogP contribution in [-0.4, -0.2) is 19.0 Å². The Balaban J connectivity index is 1.96. The van der Waals surface area contributed by atoms with Gasteiger partial charge in [-0.25, -0.2) is 0 Å². The Morgan fingerprint density at radius 2 is 2.20 bits per heavy atom. The summed E-state index contributed by atoms with van der Waals surface area (Å²) in [4.78, 5) is 10.7. The maximum atomic E-state index is 10.7. The number of ether oxygens (including phenoxy) is 1. The van der Waals surface area contributed by atoms with Crippen molar-refractivity contribution in [1.82, 2.24) is 0 Å². The summed E-state index contributed by atoms with van der Waals surface area (Å²) in [6, 6.07) is 0. The number of hydrogen-bond donors (Lipinski definition) is 0. The van der Waals surface area contributed by atoms with Crippen LogP contribution in [0.25, 0.3) is 0 Å². The lowest BCUT2D eigenvalue weighted by atomic mass is 9.65. The quantitative estimate of drug-likeness (QED) is 0.504. The van der Waals surface area contributed by atoms with Crippen LogP contribution in [0.15, 0.2) is 0 Å². The van der Waals surface area contributed by atoms with Crippen LogP contribution < -0.4 is 0 Å². The molecule has 1 saturated heterocycles. The molecule has 0 aromatic rings. The Hall–Kier alpha value is -0.370. The zero-order chi connectivity index (χ0) is 7.03. The van der Waals surface area contributed by atoms with Gasteiger partial charge in [-0.15, -0.1) is 0 Å². The minimum Gasteiger partial charge on any atom is -0.381 e. The molecule has 0 atom stereocenters. The second-order valence-corrected chi connectivity index (χ2v) is 3.55. The van der Waals surface area contributed by atoms with E-state index in [1.165, 1.54) is 6.42 Å². The first-order valence-electron chi connectivity index (χ1n) is 3.90. The second-order valence-electron chi connectivity index (χ2n) is 3.55. The minimum atomic E-state index is 0.301. The van der Waals surface area contributed by atoms with Crippen molar-refractivity contribution in [3.05, 3.63) is 0 Å². The zero-order valence-corrected chi connectivity index (χ0v) is 6.06. The number of carbonyl (C=O) groups is 1. The second kappa shape index (κ2) is 2.06. The van der Waals surface area contributed by atoms with Crippen molar-refractivity contribution in [2.45, 2.75) is 25.7 Å². The van der Waals surface area contributed by atoms with Gasteiger partial charge < -0.3 is 4.74 Å². The average Bonchev–Trinajstić information content (AvgIpc) is 1.87. The summed E-state index contributed by atoms with van der Waals surface area (Å²) >= 11 is 0. The number of carbonyl (C=O) groups excluding carboxylic acids is 1. The Kier molecular flexibility index (Phi) is 1.31. The summed E-state index contributed by atoms with van der Waals surface area (Å²) in [5, 5.41) is 0. The first-order chi connectivity index (χ1) is 4.81. The maximum Gasteiger partial charge on any atom is 0.134 e. The summed E-state index contributed by atoms with van der Waals surface area (Å²) < 4.78 is 5.32. The van der Waals surface area contributed by atoms with Crippen LogP contribution in [0.1, 0.15) is 25.7 Å². The van der Waals surface area contributed by atoms with E-state index in [0.717, 1.165) is 32.5 Å². The Bertz CT molecular complexity index is 147. The highest BCUT2D eigenvalue weighted by atomic mass is 16.5. The van der Waals surface area contributed by atoms with Gasteiger partial charge in [0.2, 0.25) is 0 Å². The number of rotatable bonds is 0. The normalized spacial score (nSPS) is 30.2. The number of Topliss-reactive ketones (excluding diaryl/α,β-unsaturated/α-hetero) is 1. The summed E-state index contributed by atoms with van der Waals surface area (Å²) in [6.07, 6.45) is 3.92. The van der Waals surface area contributed by atoms with Gasteiger partial charge in [0, 0.05) is 24.9 Å². The molecule has 0 N–H and O–H groups in total. The molecule has 0 radical (unpaired) electrons. The number of hydrogen-bond acceptors (Lipinski definition) is 2. The van der Waals surface area contributed by atoms with E-state index < -0.39 is 0 Å². The van der Waals surface area contributed by atoms with Crippen LogP contribution in [0.4, 0.5) is 0 Å². The fourth-order valence-electron chi connectivity index (χ4n) is 1.97. The van der Waals surface area contributed by atoms with E-state index in [-0.39, 0.29) is 0 Å². The molecule has 1 saturated carbocycles. The molecule has 2 rings (SSSR count). The minimum absolute atomic E-state index is 0.301. The standard InChI is InChI=1S/C8H12O2/c9-7-4-8(5-7)2-1-3-10-6-8/h1-6H2. The van der Waals surface area contributed by atoms with Gasteiger partial charge in [0.05, 0.1) is 6.61 Å². The SMILES string of the molecule is O=C1CC2(CCCOC2)C1. The molecule has 0 aromatic heterocycles. The third kappa shape index (κ3) is 0.870. The highest BCUT2D eigenvalue weighted by molar-refractivity contribution is 5.86. The topological polar surface area (TPSA) is 26.3 Å². The molecule has 0 aromatic carbocycles. The molecule has 0 bridgehead atoms. The van der Waals surface area contributed by atoms with Gasteiger partial charge in [-0.3, -0.25) is 4.79 Å². The molecule has 0 unspecified atom stereocenters. The molecule has 2 aliphatic rings. The van der Waals surface area contributed by atoms with Gasteiger partial charge in [0.25, 0.3) is 0 Å². The first-order valence-corrected chi connectivity index (χ1v) is 3.90. The molecule has 1 aliphatic carbocycles. The number of ketones is 1. The van der Waals surface area contributed by atoms with Gasteiger partial charge in [-0.2, -0.15) is 0 Å². The van der Waals surface area contributed by atoms with E-state index in [0.29, 0.717) is 11.2 Å². The molecule has 56 valence electrons. The third-order valence-corrected chi connectivity index (χ3v) is 2.55. The largest absolute Gasteiger partial charge is 0.381 e. The predicted octanol–water partition coefficient (Wildman–Crippen LogP) is 1.15. The van der Waals surface area contributed by atoms with E-state index >= 15 is 0 Å². The molecule has 1 spiro atoms. The van der Waals surface area contributed by atoms with Crippen molar-refractivity contribution in [1.29, 1.82) is 0 Å². The van der Waals surface area contributed by atoms with E-state index in [4.69, 9.17) is 4.74 Å². The van der Waals surface area contributed by atoms with E-state index in [1.54, 1.807) is 0 Å².